The Hall–Kier alpha value is -2.20. The highest BCUT2D eigenvalue weighted by Gasteiger charge is 2.24. The molecule has 1 aliphatic heterocycles. The summed E-state index contributed by atoms with van der Waals surface area (Å²) in [5, 5.41) is 15.3. The number of aromatic nitrogens is 2. The van der Waals surface area contributed by atoms with E-state index in [-0.39, 0.29) is 5.41 Å². The lowest BCUT2D eigenvalue weighted by Gasteiger charge is -2.27. The maximum absolute atomic E-state index is 4.68. The van der Waals surface area contributed by atoms with Crippen molar-refractivity contribution in [3.63, 3.8) is 0 Å². The Morgan fingerprint density at radius 1 is 1.08 bits per heavy atom. The van der Waals surface area contributed by atoms with Gasteiger partial charge in [0, 0.05) is 36.8 Å². The Balaban J connectivity index is 1.71. The molecule has 1 saturated heterocycles. The minimum atomic E-state index is 0.125. The average molecular weight is 334 g/mol. The third-order valence-electron chi connectivity index (χ3n) is 5.29. The van der Waals surface area contributed by atoms with Crippen molar-refractivity contribution in [2.45, 2.75) is 26.2 Å². The topological polar surface area (TPSA) is 41.1 Å². The fourth-order valence-electron chi connectivity index (χ4n) is 3.85. The van der Waals surface area contributed by atoms with Crippen LogP contribution in [0.15, 0.2) is 48.6 Å². The zero-order chi connectivity index (χ0) is 17.1. The lowest BCUT2D eigenvalue weighted by molar-refractivity contribution is 0.422. The second kappa shape index (κ2) is 6.96. The van der Waals surface area contributed by atoms with Crippen molar-refractivity contribution in [1.82, 2.24) is 15.5 Å². The van der Waals surface area contributed by atoms with Crippen LogP contribution in [0.25, 0.3) is 10.8 Å². The van der Waals surface area contributed by atoms with E-state index >= 15 is 0 Å². The Bertz CT molecular complexity index is 803. The Morgan fingerprint density at radius 3 is 2.80 bits per heavy atom. The van der Waals surface area contributed by atoms with E-state index in [1.165, 1.54) is 10.8 Å². The van der Waals surface area contributed by atoms with Crippen LogP contribution in [-0.4, -0.2) is 36.4 Å². The normalized spacial score (nSPS) is 23.8. The SMILES string of the molecule is CC1(Cc2nnc(N3CCCNCC3)c3ccccc23)C=CC=CC1. The van der Waals surface area contributed by atoms with Gasteiger partial charge in [-0.15, -0.1) is 5.10 Å². The number of hydrogen-bond acceptors (Lipinski definition) is 4. The molecule has 0 radical (unpaired) electrons. The Kier molecular flexibility index (Phi) is 4.53. The highest BCUT2D eigenvalue weighted by Crippen LogP contribution is 2.34. The van der Waals surface area contributed by atoms with E-state index in [0.717, 1.165) is 57.0 Å². The lowest BCUT2D eigenvalue weighted by atomic mass is 9.79. The van der Waals surface area contributed by atoms with Gasteiger partial charge in [0.05, 0.1) is 5.69 Å². The summed E-state index contributed by atoms with van der Waals surface area (Å²) in [6.07, 6.45) is 11.9. The van der Waals surface area contributed by atoms with E-state index in [2.05, 4.69) is 75.9 Å². The molecule has 2 aliphatic rings. The number of rotatable bonds is 3. The molecule has 1 unspecified atom stereocenters. The van der Waals surface area contributed by atoms with E-state index in [9.17, 15) is 0 Å². The second-order valence-corrected chi connectivity index (χ2v) is 7.43. The van der Waals surface area contributed by atoms with Gasteiger partial charge < -0.3 is 10.2 Å². The molecule has 1 aliphatic carbocycles. The number of benzene rings is 1. The zero-order valence-corrected chi connectivity index (χ0v) is 14.9. The van der Waals surface area contributed by atoms with Crippen molar-refractivity contribution < 1.29 is 0 Å². The molecule has 130 valence electrons. The standard InChI is InChI=1S/C21H26N4/c1-21(10-5-2-6-11-21)16-19-17-8-3-4-9-18(17)20(24-23-19)25-14-7-12-22-13-15-25/h2-6,8-10,22H,7,11-16H2,1H3. The number of hydrogen-bond donors (Lipinski definition) is 1. The van der Waals surface area contributed by atoms with Gasteiger partial charge in [-0.3, -0.25) is 0 Å². The molecule has 1 N–H and O–H groups in total. The van der Waals surface area contributed by atoms with Crippen LogP contribution in [0.3, 0.4) is 0 Å². The first-order valence-electron chi connectivity index (χ1n) is 9.30. The van der Waals surface area contributed by atoms with Crippen molar-refractivity contribution in [3.8, 4) is 0 Å². The highest BCUT2D eigenvalue weighted by atomic mass is 15.3. The van der Waals surface area contributed by atoms with Crippen molar-refractivity contribution in [1.29, 1.82) is 0 Å². The summed E-state index contributed by atoms with van der Waals surface area (Å²) in [6.45, 7) is 6.42. The van der Waals surface area contributed by atoms with Gasteiger partial charge in [0.2, 0.25) is 0 Å². The van der Waals surface area contributed by atoms with E-state index in [1.807, 2.05) is 0 Å². The van der Waals surface area contributed by atoms with Crippen LogP contribution in [0, 0.1) is 5.41 Å². The van der Waals surface area contributed by atoms with Gasteiger partial charge >= 0.3 is 0 Å². The molecule has 2 heterocycles. The summed E-state index contributed by atoms with van der Waals surface area (Å²) in [5.41, 5.74) is 1.23. The minimum absolute atomic E-state index is 0.125. The first-order chi connectivity index (χ1) is 12.3. The molecule has 1 aromatic carbocycles. The Labute approximate surface area is 149 Å². The smallest absolute Gasteiger partial charge is 0.159 e. The molecule has 4 heteroatoms. The second-order valence-electron chi connectivity index (χ2n) is 7.43. The van der Waals surface area contributed by atoms with Crippen LogP contribution in [0.2, 0.25) is 0 Å². The largest absolute Gasteiger partial charge is 0.353 e. The highest BCUT2D eigenvalue weighted by molar-refractivity contribution is 5.93. The third-order valence-corrected chi connectivity index (χ3v) is 5.29. The molecule has 0 bridgehead atoms. The lowest BCUT2D eigenvalue weighted by Crippen LogP contribution is -2.29. The molecule has 1 fully saturated rings. The van der Waals surface area contributed by atoms with Gasteiger partial charge in [-0.25, -0.2) is 0 Å². The van der Waals surface area contributed by atoms with Gasteiger partial charge in [-0.2, -0.15) is 5.10 Å². The van der Waals surface area contributed by atoms with E-state index in [1.54, 1.807) is 0 Å². The summed E-state index contributed by atoms with van der Waals surface area (Å²) in [7, 11) is 0. The predicted molar refractivity (Wildman–Crippen MR) is 104 cm³/mol. The van der Waals surface area contributed by atoms with Crippen LogP contribution in [0.5, 0.6) is 0 Å². The molecular weight excluding hydrogens is 308 g/mol. The minimum Gasteiger partial charge on any atom is -0.353 e. The molecule has 0 amide bonds. The summed E-state index contributed by atoms with van der Waals surface area (Å²) in [4.78, 5) is 2.38. The van der Waals surface area contributed by atoms with Gasteiger partial charge in [-0.05, 0) is 24.8 Å². The molecule has 4 nitrogen and oxygen atoms in total. The van der Waals surface area contributed by atoms with E-state index in [0.29, 0.717) is 0 Å². The maximum atomic E-state index is 4.68. The summed E-state index contributed by atoms with van der Waals surface area (Å²) < 4.78 is 0. The summed E-state index contributed by atoms with van der Waals surface area (Å²) >= 11 is 0. The van der Waals surface area contributed by atoms with Crippen LogP contribution in [0.1, 0.15) is 25.5 Å². The van der Waals surface area contributed by atoms with Crippen molar-refractivity contribution >= 4 is 16.6 Å². The molecule has 25 heavy (non-hydrogen) atoms. The van der Waals surface area contributed by atoms with E-state index in [4.69, 9.17) is 0 Å². The number of nitrogens with zero attached hydrogens (tertiary/aromatic N) is 3. The zero-order valence-electron chi connectivity index (χ0n) is 14.9. The fraction of sp³-hybridized carbons (Fsp3) is 0.429. The number of anilines is 1. The molecule has 0 spiro atoms. The van der Waals surface area contributed by atoms with Crippen molar-refractivity contribution in [2.24, 2.45) is 5.41 Å². The van der Waals surface area contributed by atoms with Gasteiger partial charge in [0.1, 0.15) is 0 Å². The molecule has 0 saturated carbocycles. The first kappa shape index (κ1) is 16.3. The monoisotopic (exact) mass is 334 g/mol. The van der Waals surface area contributed by atoms with Crippen LogP contribution in [0.4, 0.5) is 5.82 Å². The number of fused-ring (bicyclic) bond motifs is 1. The molecule has 1 atom stereocenters. The maximum Gasteiger partial charge on any atom is 0.159 e. The number of nitrogens with one attached hydrogen (secondary N) is 1. The van der Waals surface area contributed by atoms with E-state index < -0.39 is 0 Å². The molecule has 2 aromatic rings. The van der Waals surface area contributed by atoms with Crippen molar-refractivity contribution in [2.75, 3.05) is 31.1 Å². The molecule has 4 rings (SSSR count). The van der Waals surface area contributed by atoms with Crippen molar-refractivity contribution in [3.05, 3.63) is 54.3 Å². The van der Waals surface area contributed by atoms with Gasteiger partial charge in [0.15, 0.2) is 5.82 Å². The predicted octanol–water partition coefficient (Wildman–Crippen LogP) is 3.49. The molecular formula is C21H26N4. The van der Waals surface area contributed by atoms with Crippen LogP contribution >= 0.6 is 0 Å². The van der Waals surface area contributed by atoms with Crippen LogP contribution in [-0.2, 0) is 6.42 Å². The Morgan fingerprint density at radius 2 is 1.96 bits per heavy atom. The first-order valence-corrected chi connectivity index (χ1v) is 9.30. The average Bonchev–Trinajstić information content (AvgIpc) is 2.92. The fourth-order valence-corrected chi connectivity index (χ4v) is 3.85. The van der Waals surface area contributed by atoms with Gasteiger partial charge in [-0.1, -0.05) is 55.5 Å². The quantitative estimate of drug-likeness (QED) is 0.933. The summed E-state index contributed by atoms with van der Waals surface area (Å²) in [6, 6.07) is 8.61. The summed E-state index contributed by atoms with van der Waals surface area (Å²) in [5.74, 6) is 1.03. The van der Waals surface area contributed by atoms with Crippen LogP contribution < -0.4 is 10.2 Å². The number of allylic oxidation sites excluding steroid dienone is 4. The third kappa shape index (κ3) is 3.45. The molecule has 1 aromatic heterocycles. The van der Waals surface area contributed by atoms with Gasteiger partial charge in [0.25, 0.3) is 0 Å².